The Morgan fingerprint density at radius 3 is 2.67 bits per heavy atom. The van der Waals surface area contributed by atoms with E-state index in [0.29, 0.717) is 13.1 Å². The monoisotopic (exact) mass is 470 g/mol. The number of nitrogens with one attached hydrogen (secondary N) is 1. The SMILES string of the molecule is CCNC(=NCC(C)(C)OC)N(C)Cc1csc(C(C)OC)n1.I. The summed E-state index contributed by atoms with van der Waals surface area (Å²) in [6.07, 6.45) is 0.0310. The Labute approximate surface area is 167 Å². The third-order valence-electron chi connectivity index (χ3n) is 3.53. The second-order valence-corrected chi connectivity index (χ2v) is 6.93. The second-order valence-electron chi connectivity index (χ2n) is 6.05. The number of nitrogens with zero attached hydrogens (tertiary/aromatic N) is 3. The van der Waals surface area contributed by atoms with Crippen LogP contribution in [0.5, 0.6) is 0 Å². The Bertz CT molecular complexity index is 508. The average molecular weight is 470 g/mol. The number of hydrogen-bond donors (Lipinski definition) is 1. The zero-order valence-corrected chi connectivity index (χ0v) is 18.9. The molecule has 1 N–H and O–H groups in total. The first-order valence-corrected chi connectivity index (χ1v) is 8.72. The van der Waals surface area contributed by atoms with Crippen LogP contribution < -0.4 is 5.32 Å². The number of guanidine groups is 1. The van der Waals surface area contributed by atoms with Gasteiger partial charge in [0.1, 0.15) is 11.1 Å². The Morgan fingerprint density at radius 1 is 1.46 bits per heavy atom. The maximum atomic E-state index is 5.43. The summed E-state index contributed by atoms with van der Waals surface area (Å²) in [6, 6.07) is 0. The number of halogens is 1. The van der Waals surface area contributed by atoms with E-state index < -0.39 is 0 Å². The van der Waals surface area contributed by atoms with Crippen LogP contribution in [0.4, 0.5) is 0 Å². The van der Waals surface area contributed by atoms with Gasteiger partial charge < -0.3 is 19.7 Å². The van der Waals surface area contributed by atoms with Crippen LogP contribution in [0.15, 0.2) is 10.4 Å². The van der Waals surface area contributed by atoms with Crippen molar-refractivity contribution in [3.63, 3.8) is 0 Å². The molecule has 1 atom stereocenters. The third kappa shape index (κ3) is 7.62. The van der Waals surface area contributed by atoms with E-state index in [0.717, 1.165) is 23.2 Å². The zero-order chi connectivity index (χ0) is 17.5. The van der Waals surface area contributed by atoms with Gasteiger partial charge in [0.25, 0.3) is 0 Å². The lowest BCUT2D eigenvalue weighted by Gasteiger charge is -2.24. The fourth-order valence-corrected chi connectivity index (χ4v) is 2.64. The van der Waals surface area contributed by atoms with E-state index >= 15 is 0 Å². The van der Waals surface area contributed by atoms with Crippen molar-refractivity contribution in [2.75, 3.05) is 34.4 Å². The van der Waals surface area contributed by atoms with E-state index in [4.69, 9.17) is 9.47 Å². The summed E-state index contributed by atoms with van der Waals surface area (Å²) in [6.45, 7) is 10.2. The molecular formula is C16H31IN4O2S. The third-order valence-corrected chi connectivity index (χ3v) is 4.58. The van der Waals surface area contributed by atoms with Crippen molar-refractivity contribution >= 4 is 41.3 Å². The molecule has 1 aromatic heterocycles. The minimum absolute atomic E-state index is 0. The number of aliphatic imine (C=N–C) groups is 1. The molecule has 0 saturated carbocycles. The normalized spacial score (nSPS) is 13.4. The molecule has 0 amide bonds. The molecule has 1 unspecified atom stereocenters. The van der Waals surface area contributed by atoms with Crippen LogP contribution >= 0.6 is 35.3 Å². The number of aromatic nitrogens is 1. The smallest absolute Gasteiger partial charge is 0.194 e. The van der Waals surface area contributed by atoms with Crippen molar-refractivity contribution in [2.45, 2.75) is 45.9 Å². The fourth-order valence-electron chi connectivity index (χ4n) is 1.80. The van der Waals surface area contributed by atoms with Crippen molar-refractivity contribution in [3.8, 4) is 0 Å². The molecule has 0 spiro atoms. The molecule has 0 aliphatic carbocycles. The van der Waals surface area contributed by atoms with Crippen LogP contribution in [0.3, 0.4) is 0 Å². The minimum atomic E-state index is -0.275. The highest BCUT2D eigenvalue weighted by atomic mass is 127. The molecule has 0 aliphatic rings. The fraction of sp³-hybridized carbons (Fsp3) is 0.750. The van der Waals surface area contributed by atoms with Crippen molar-refractivity contribution in [1.29, 1.82) is 0 Å². The number of methoxy groups -OCH3 is 2. The molecule has 0 saturated heterocycles. The maximum absolute atomic E-state index is 5.43. The molecule has 8 heteroatoms. The van der Waals surface area contributed by atoms with E-state index in [1.54, 1.807) is 25.6 Å². The van der Waals surface area contributed by atoms with Gasteiger partial charge in [-0.1, -0.05) is 0 Å². The average Bonchev–Trinajstić information content (AvgIpc) is 2.99. The minimum Gasteiger partial charge on any atom is -0.377 e. The standard InChI is InChI=1S/C16H30N4O2S.HI/c1-8-17-15(18-11-16(3,4)22-7)20(5)9-13-10-23-14(19-13)12(2)21-6;/h10,12H,8-9,11H2,1-7H3,(H,17,18);1H. The first-order valence-electron chi connectivity index (χ1n) is 7.84. The Kier molecular flexibility index (Phi) is 11.0. The van der Waals surface area contributed by atoms with Gasteiger partial charge in [0.05, 0.1) is 24.4 Å². The number of rotatable bonds is 8. The molecule has 0 bridgehead atoms. The summed E-state index contributed by atoms with van der Waals surface area (Å²) in [4.78, 5) is 11.4. The highest BCUT2D eigenvalue weighted by molar-refractivity contribution is 14.0. The van der Waals surface area contributed by atoms with Gasteiger partial charge in [-0.3, -0.25) is 4.99 Å². The van der Waals surface area contributed by atoms with Crippen molar-refractivity contribution in [3.05, 3.63) is 16.1 Å². The van der Waals surface area contributed by atoms with Crippen molar-refractivity contribution < 1.29 is 9.47 Å². The van der Waals surface area contributed by atoms with Crippen LogP contribution in [0.1, 0.15) is 44.5 Å². The summed E-state index contributed by atoms with van der Waals surface area (Å²) >= 11 is 1.63. The first kappa shape index (κ1) is 23.5. The summed E-state index contributed by atoms with van der Waals surface area (Å²) in [5, 5.41) is 6.38. The van der Waals surface area contributed by atoms with Crippen LogP contribution in [-0.4, -0.2) is 55.8 Å². The topological polar surface area (TPSA) is 59.0 Å². The van der Waals surface area contributed by atoms with Crippen LogP contribution in [-0.2, 0) is 16.0 Å². The van der Waals surface area contributed by atoms with Gasteiger partial charge in [0.15, 0.2) is 5.96 Å². The second kappa shape index (κ2) is 11.2. The highest BCUT2D eigenvalue weighted by Crippen LogP contribution is 2.21. The van der Waals surface area contributed by atoms with Crippen LogP contribution in [0.25, 0.3) is 0 Å². The Hall–Kier alpha value is -0.450. The predicted octanol–water partition coefficient (Wildman–Crippen LogP) is 3.29. The molecule has 24 heavy (non-hydrogen) atoms. The molecule has 140 valence electrons. The first-order chi connectivity index (χ1) is 10.8. The number of hydrogen-bond acceptors (Lipinski definition) is 5. The lowest BCUT2D eigenvalue weighted by molar-refractivity contribution is 0.0309. The van der Waals surface area contributed by atoms with E-state index in [-0.39, 0.29) is 35.7 Å². The molecule has 0 aliphatic heterocycles. The van der Waals surface area contributed by atoms with Gasteiger partial charge in [-0.25, -0.2) is 4.98 Å². The Morgan fingerprint density at radius 2 is 2.12 bits per heavy atom. The molecular weight excluding hydrogens is 439 g/mol. The number of ether oxygens (including phenoxy) is 2. The summed E-state index contributed by atoms with van der Waals surface area (Å²) in [7, 11) is 5.42. The van der Waals surface area contributed by atoms with E-state index in [1.165, 1.54) is 0 Å². The van der Waals surface area contributed by atoms with E-state index in [2.05, 4.69) is 32.5 Å². The predicted molar refractivity (Wildman–Crippen MR) is 111 cm³/mol. The van der Waals surface area contributed by atoms with Crippen LogP contribution in [0, 0.1) is 0 Å². The van der Waals surface area contributed by atoms with Gasteiger partial charge in [-0.05, 0) is 27.7 Å². The molecule has 6 nitrogen and oxygen atoms in total. The van der Waals surface area contributed by atoms with E-state index in [9.17, 15) is 0 Å². The number of thiazole rings is 1. The van der Waals surface area contributed by atoms with Crippen molar-refractivity contribution in [1.82, 2.24) is 15.2 Å². The molecule has 1 aromatic rings. The molecule has 0 radical (unpaired) electrons. The zero-order valence-electron chi connectivity index (χ0n) is 15.8. The summed E-state index contributed by atoms with van der Waals surface area (Å²) < 4.78 is 10.7. The summed E-state index contributed by atoms with van der Waals surface area (Å²) in [5.74, 6) is 0.854. The van der Waals surface area contributed by atoms with E-state index in [1.807, 2.05) is 27.8 Å². The largest absolute Gasteiger partial charge is 0.377 e. The van der Waals surface area contributed by atoms with Gasteiger partial charge in [0.2, 0.25) is 0 Å². The molecule has 0 aromatic carbocycles. The van der Waals surface area contributed by atoms with Gasteiger partial charge in [-0.15, -0.1) is 35.3 Å². The quantitative estimate of drug-likeness (QED) is 0.359. The lowest BCUT2D eigenvalue weighted by Crippen LogP contribution is -2.40. The van der Waals surface area contributed by atoms with Gasteiger partial charge in [-0.2, -0.15) is 0 Å². The maximum Gasteiger partial charge on any atom is 0.194 e. The highest BCUT2D eigenvalue weighted by Gasteiger charge is 2.17. The molecule has 0 fully saturated rings. The summed E-state index contributed by atoms with van der Waals surface area (Å²) in [5.41, 5.74) is 0.747. The molecule has 1 heterocycles. The van der Waals surface area contributed by atoms with Gasteiger partial charge >= 0.3 is 0 Å². The molecule has 1 rings (SSSR count). The van der Waals surface area contributed by atoms with Crippen molar-refractivity contribution in [2.24, 2.45) is 4.99 Å². The van der Waals surface area contributed by atoms with Gasteiger partial charge in [0, 0.05) is 33.2 Å². The van der Waals surface area contributed by atoms with Crippen LogP contribution in [0.2, 0.25) is 0 Å². The Balaban J connectivity index is 0.00000529. The lowest BCUT2D eigenvalue weighted by atomic mass is 10.1.